The van der Waals surface area contributed by atoms with Crippen LogP contribution in [-0.4, -0.2) is 82.2 Å². The van der Waals surface area contributed by atoms with Gasteiger partial charge in [-0.2, -0.15) is 0 Å². The zero-order chi connectivity index (χ0) is 20.7. The average molecular weight is 420 g/mol. The lowest BCUT2D eigenvalue weighted by Gasteiger charge is -2.23. The van der Waals surface area contributed by atoms with E-state index in [1.165, 1.54) is 0 Å². The van der Waals surface area contributed by atoms with Gasteiger partial charge in [-0.25, -0.2) is 4.39 Å². The second-order valence-corrected chi connectivity index (χ2v) is 7.99. The van der Waals surface area contributed by atoms with Gasteiger partial charge in [0, 0.05) is 18.1 Å². The van der Waals surface area contributed by atoms with Crippen LogP contribution in [0, 0.1) is 6.92 Å². The summed E-state index contributed by atoms with van der Waals surface area (Å²) in [6, 6.07) is 5.66. The van der Waals surface area contributed by atoms with Crippen molar-refractivity contribution in [3.63, 3.8) is 0 Å². The number of β-amino-alcohol motifs (C(OH)–C–C–N with tert-alkyl or cyclic N) is 2. The summed E-state index contributed by atoms with van der Waals surface area (Å²) in [6.07, 6.45) is -4.39. The average Bonchev–Trinajstić information content (AvgIpc) is 2.73. The summed E-state index contributed by atoms with van der Waals surface area (Å²) in [5.41, 5.74) is 1.90. The topological polar surface area (TPSA) is 93.4 Å². The van der Waals surface area contributed by atoms with Crippen LogP contribution in [0.4, 0.5) is 4.39 Å². The maximum atomic E-state index is 14.0. The van der Waals surface area contributed by atoms with Gasteiger partial charge in [0.05, 0.1) is 25.4 Å². The van der Waals surface area contributed by atoms with Gasteiger partial charge < -0.3 is 25.2 Å². The molecule has 0 radical (unpaired) electrons. The number of aliphatic hydroxyl groups excluding tert-OH is 4. The van der Waals surface area contributed by atoms with Crippen LogP contribution in [-0.2, 0) is 11.3 Å². The Morgan fingerprint density at radius 3 is 2.39 bits per heavy atom. The molecule has 1 unspecified atom stereocenters. The first-order valence-electron chi connectivity index (χ1n) is 9.69. The van der Waals surface area contributed by atoms with Gasteiger partial charge in [0.1, 0.15) is 18.4 Å². The molecule has 1 aliphatic rings. The molecule has 1 aromatic carbocycles. The number of nitrogens with zero attached hydrogens (tertiary/aromatic N) is 1. The van der Waals surface area contributed by atoms with Crippen molar-refractivity contribution in [2.45, 2.75) is 63.4 Å². The monoisotopic (exact) mass is 419 g/mol. The Morgan fingerprint density at radius 2 is 1.79 bits per heavy atom. The summed E-state index contributed by atoms with van der Waals surface area (Å²) >= 11 is 6.13. The summed E-state index contributed by atoms with van der Waals surface area (Å²) in [4.78, 5) is 1.78. The van der Waals surface area contributed by atoms with E-state index in [2.05, 4.69) is 0 Å². The summed E-state index contributed by atoms with van der Waals surface area (Å²) in [7, 11) is 0. The maximum absolute atomic E-state index is 14.0. The summed E-state index contributed by atoms with van der Waals surface area (Å²) in [6.45, 7) is 3.09. The molecule has 1 saturated heterocycles. The van der Waals surface area contributed by atoms with Crippen molar-refractivity contribution in [1.29, 1.82) is 0 Å². The highest BCUT2D eigenvalue weighted by Gasteiger charge is 2.35. The number of unbranched alkanes of at least 4 members (excludes halogenated alkanes) is 1. The minimum absolute atomic E-state index is 0.00370. The van der Waals surface area contributed by atoms with Crippen LogP contribution in [0.3, 0.4) is 0 Å². The third kappa shape index (κ3) is 7.22. The quantitative estimate of drug-likeness (QED) is 0.452. The molecule has 1 aromatic rings. The number of halogens is 2. The Balaban J connectivity index is 1.62. The van der Waals surface area contributed by atoms with Gasteiger partial charge in [0.2, 0.25) is 0 Å². The van der Waals surface area contributed by atoms with Gasteiger partial charge >= 0.3 is 0 Å². The van der Waals surface area contributed by atoms with Crippen LogP contribution in [0.2, 0.25) is 5.02 Å². The van der Waals surface area contributed by atoms with Crippen molar-refractivity contribution < 1.29 is 29.6 Å². The number of aryl methyl sites for hydroxylation is 1. The Kier molecular flexibility index (Phi) is 9.56. The fourth-order valence-electron chi connectivity index (χ4n) is 3.31. The largest absolute Gasteiger partial charge is 0.389 e. The number of aliphatic hydroxyl groups is 4. The molecule has 0 aromatic heterocycles. The second-order valence-electron chi connectivity index (χ2n) is 7.58. The Labute approximate surface area is 170 Å². The smallest absolute Gasteiger partial charge is 0.123 e. The lowest BCUT2D eigenvalue weighted by molar-refractivity contribution is -0.0894. The van der Waals surface area contributed by atoms with Crippen molar-refractivity contribution in [2.24, 2.45) is 0 Å². The highest BCUT2D eigenvalue weighted by molar-refractivity contribution is 6.31. The van der Waals surface area contributed by atoms with Crippen LogP contribution in [0.25, 0.3) is 0 Å². The number of likely N-dealkylation sites (tertiary alicyclic amines) is 1. The van der Waals surface area contributed by atoms with E-state index in [4.69, 9.17) is 16.3 Å². The first kappa shape index (κ1) is 23.5. The number of ether oxygens (including phenoxy) is 1. The van der Waals surface area contributed by atoms with Gasteiger partial charge in [-0.05, 0) is 49.9 Å². The van der Waals surface area contributed by atoms with E-state index in [0.29, 0.717) is 30.8 Å². The van der Waals surface area contributed by atoms with Crippen molar-refractivity contribution >= 4 is 11.6 Å². The van der Waals surface area contributed by atoms with Crippen molar-refractivity contribution in [3.8, 4) is 0 Å². The molecule has 2 rings (SSSR count). The predicted octanol–water partition coefficient (Wildman–Crippen LogP) is 1.43. The first-order valence-corrected chi connectivity index (χ1v) is 10.1. The van der Waals surface area contributed by atoms with E-state index in [1.54, 1.807) is 4.90 Å². The summed E-state index contributed by atoms with van der Waals surface area (Å²) < 4.78 is 19.4. The molecule has 0 aliphatic carbocycles. The molecule has 0 spiro atoms. The van der Waals surface area contributed by atoms with E-state index in [0.717, 1.165) is 11.1 Å². The molecule has 1 aliphatic heterocycles. The molecule has 0 amide bonds. The van der Waals surface area contributed by atoms with Crippen LogP contribution >= 0.6 is 11.6 Å². The molecular formula is C20H31ClFNO5. The van der Waals surface area contributed by atoms with Gasteiger partial charge in [-0.1, -0.05) is 23.7 Å². The zero-order valence-electron chi connectivity index (χ0n) is 16.2. The SMILES string of the molecule is Cc1ccc(COCC(F)CCCCN2C[C@H](O)[C@@H](O)[C@H](O)[C@@H](O)C2)c(Cl)c1. The molecule has 160 valence electrons. The number of hydrogen-bond acceptors (Lipinski definition) is 6. The van der Waals surface area contributed by atoms with E-state index in [-0.39, 0.29) is 26.3 Å². The lowest BCUT2D eigenvalue weighted by atomic mass is 10.1. The molecule has 6 nitrogen and oxygen atoms in total. The van der Waals surface area contributed by atoms with Crippen molar-refractivity contribution in [3.05, 3.63) is 34.3 Å². The zero-order valence-corrected chi connectivity index (χ0v) is 16.9. The predicted molar refractivity (Wildman–Crippen MR) is 105 cm³/mol. The molecule has 4 N–H and O–H groups in total. The Hall–Kier alpha value is -0.800. The van der Waals surface area contributed by atoms with Crippen molar-refractivity contribution in [1.82, 2.24) is 4.90 Å². The lowest BCUT2D eigenvalue weighted by Crippen LogP contribution is -2.43. The maximum Gasteiger partial charge on any atom is 0.123 e. The molecule has 8 heteroatoms. The number of benzene rings is 1. The van der Waals surface area contributed by atoms with Crippen LogP contribution in [0.5, 0.6) is 0 Å². The Bertz CT molecular complexity index is 592. The van der Waals surface area contributed by atoms with Gasteiger partial charge in [0.25, 0.3) is 0 Å². The molecule has 28 heavy (non-hydrogen) atoms. The number of rotatable bonds is 9. The molecule has 1 heterocycles. The fourth-order valence-corrected chi connectivity index (χ4v) is 3.60. The number of alkyl halides is 1. The molecule has 0 saturated carbocycles. The van der Waals surface area contributed by atoms with Crippen LogP contribution in [0.15, 0.2) is 18.2 Å². The van der Waals surface area contributed by atoms with E-state index < -0.39 is 30.6 Å². The second kappa shape index (κ2) is 11.4. The minimum Gasteiger partial charge on any atom is -0.389 e. The van der Waals surface area contributed by atoms with E-state index in [1.807, 2.05) is 25.1 Å². The molecule has 1 fully saturated rings. The summed E-state index contributed by atoms with van der Waals surface area (Å²) in [5, 5.41) is 39.7. The van der Waals surface area contributed by atoms with Crippen LogP contribution < -0.4 is 0 Å². The molecule has 5 atom stereocenters. The fraction of sp³-hybridized carbons (Fsp3) is 0.700. The normalized spacial score (nSPS) is 27.5. The van der Waals surface area contributed by atoms with Crippen LogP contribution in [0.1, 0.15) is 30.4 Å². The minimum atomic E-state index is -1.37. The standard InChI is InChI=1S/C20H31ClFNO5/c1-13-5-6-14(16(21)8-13)11-28-12-15(22)4-2-3-7-23-9-17(24)19(26)20(27)18(25)10-23/h5-6,8,15,17-20,24-27H,2-4,7,9-12H2,1H3/t15?,17-,18-,19+,20+/m0/s1. The molecule has 0 bridgehead atoms. The molecular weight excluding hydrogens is 389 g/mol. The third-order valence-corrected chi connectivity index (χ3v) is 5.39. The van der Waals surface area contributed by atoms with Gasteiger partial charge in [0.15, 0.2) is 0 Å². The Morgan fingerprint density at radius 1 is 1.14 bits per heavy atom. The van der Waals surface area contributed by atoms with E-state index in [9.17, 15) is 24.8 Å². The highest BCUT2D eigenvalue weighted by atomic mass is 35.5. The highest BCUT2D eigenvalue weighted by Crippen LogP contribution is 2.19. The van der Waals surface area contributed by atoms with Crippen molar-refractivity contribution in [2.75, 3.05) is 26.2 Å². The van der Waals surface area contributed by atoms with E-state index >= 15 is 0 Å². The summed E-state index contributed by atoms with van der Waals surface area (Å²) in [5.74, 6) is 0. The van der Waals surface area contributed by atoms with Gasteiger partial charge in [-0.15, -0.1) is 0 Å². The first-order chi connectivity index (χ1) is 13.3. The number of hydrogen-bond donors (Lipinski definition) is 4. The third-order valence-electron chi connectivity index (χ3n) is 5.04. The van der Waals surface area contributed by atoms with Gasteiger partial charge in [-0.3, -0.25) is 4.90 Å².